The lowest BCUT2D eigenvalue weighted by atomic mass is 10.2. The monoisotopic (exact) mass is 298 g/mol. The summed E-state index contributed by atoms with van der Waals surface area (Å²) in [6, 6.07) is 5.46. The molecule has 4 nitrogen and oxygen atoms in total. The second-order valence-corrected chi connectivity index (χ2v) is 5.06. The van der Waals surface area contributed by atoms with E-state index in [1.165, 1.54) is 0 Å². The number of carbonyl (C=O) groups is 1. The van der Waals surface area contributed by atoms with Crippen LogP contribution < -0.4 is 15.4 Å². The molecule has 0 saturated heterocycles. The van der Waals surface area contributed by atoms with Gasteiger partial charge in [0.15, 0.2) is 6.10 Å². The van der Waals surface area contributed by atoms with Gasteiger partial charge in [0.25, 0.3) is 5.91 Å². The molecule has 1 aromatic carbocycles. The third-order valence-corrected chi connectivity index (χ3v) is 3.29. The predicted octanol–water partition coefficient (Wildman–Crippen LogP) is 2.74. The standard InChI is InChI=1S/C15H23ClN2O2/c1-4-5-9-18-15(19)11(2)20-14-8-6-7-13(16)12(14)10-17-3/h6-8,11,17H,4-5,9-10H2,1-3H3,(H,18,19). The first-order valence-electron chi connectivity index (χ1n) is 6.96. The SMILES string of the molecule is CCCCNC(=O)C(C)Oc1cccc(Cl)c1CNC. The van der Waals surface area contributed by atoms with Crippen LogP contribution in [-0.2, 0) is 11.3 Å². The van der Waals surface area contributed by atoms with Crippen LogP contribution in [0.2, 0.25) is 5.02 Å². The van der Waals surface area contributed by atoms with Crippen molar-refractivity contribution in [2.75, 3.05) is 13.6 Å². The van der Waals surface area contributed by atoms with Gasteiger partial charge in [-0.05, 0) is 32.5 Å². The minimum Gasteiger partial charge on any atom is -0.481 e. The van der Waals surface area contributed by atoms with Crippen LogP contribution in [0.25, 0.3) is 0 Å². The van der Waals surface area contributed by atoms with E-state index in [0.29, 0.717) is 23.9 Å². The van der Waals surface area contributed by atoms with E-state index in [1.807, 2.05) is 25.2 Å². The highest BCUT2D eigenvalue weighted by Gasteiger charge is 2.16. The summed E-state index contributed by atoms with van der Waals surface area (Å²) in [5.41, 5.74) is 0.866. The summed E-state index contributed by atoms with van der Waals surface area (Å²) in [6.07, 6.45) is 1.48. The molecule has 112 valence electrons. The summed E-state index contributed by atoms with van der Waals surface area (Å²) in [5.74, 6) is 0.541. The second kappa shape index (κ2) is 8.82. The van der Waals surface area contributed by atoms with Gasteiger partial charge in [-0.1, -0.05) is 31.0 Å². The Bertz CT molecular complexity index is 438. The van der Waals surface area contributed by atoms with Crippen molar-refractivity contribution in [3.8, 4) is 5.75 Å². The molecule has 0 fully saturated rings. The molecule has 1 rings (SSSR count). The lowest BCUT2D eigenvalue weighted by molar-refractivity contribution is -0.127. The zero-order valence-corrected chi connectivity index (χ0v) is 13.1. The summed E-state index contributed by atoms with van der Waals surface area (Å²) in [6.45, 7) is 5.11. The Morgan fingerprint density at radius 2 is 2.20 bits per heavy atom. The lowest BCUT2D eigenvalue weighted by Crippen LogP contribution is -2.37. The molecule has 1 aromatic rings. The molecule has 0 heterocycles. The lowest BCUT2D eigenvalue weighted by Gasteiger charge is -2.18. The smallest absolute Gasteiger partial charge is 0.260 e. The van der Waals surface area contributed by atoms with Gasteiger partial charge in [-0.3, -0.25) is 4.79 Å². The topological polar surface area (TPSA) is 50.4 Å². The van der Waals surface area contributed by atoms with Crippen molar-refractivity contribution < 1.29 is 9.53 Å². The molecule has 0 aromatic heterocycles. The normalized spacial score (nSPS) is 12.0. The summed E-state index contributed by atoms with van der Waals surface area (Å²) >= 11 is 6.15. The zero-order chi connectivity index (χ0) is 15.0. The molecule has 0 aliphatic carbocycles. The van der Waals surface area contributed by atoms with E-state index < -0.39 is 6.10 Å². The van der Waals surface area contributed by atoms with E-state index in [9.17, 15) is 4.79 Å². The van der Waals surface area contributed by atoms with Crippen molar-refractivity contribution >= 4 is 17.5 Å². The fraction of sp³-hybridized carbons (Fsp3) is 0.533. The van der Waals surface area contributed by atoms with E-state index >= 15 is 0 Å². The van der Waals surface area contributed by atoms with Crippen molar-refractivity contribution in [2.24, 2.45) is 0 Å². The molecule has 20 heavy (non-hydrogen) atoms. The van der Waals surface area contributed by atoms with Gasteiger partial charge in [-0.2, -0.15) is 0 Å². The molecule has 0 bridgehead atoms. The molecule has 0 spiro atoms. The van der Waals surface area contributed by atoms with Crippen LogP contribution in [0.1, 0.15) is 32.3 Å². The van der Waals surface area contributed by atoms with Crippen molar-refractivity contribution in [3.63, 3.8) is 0 Å². The Kier molecular flexibility index (Phi) is 7.41. The van der Waals surface area contributed by atoms with Crippen LogP contribution in [0.4, 0.5) is 0 Å². The van der Waals surface area contributed by atoms with Gasteiger partial charge in [0, 0.05) is 23.7 Å². The molecule has 0 radical (unpaired) electrons. The largest absolute Gasteiger partial charge is 0.481 e. The van der Waals surface area contributed by atoms with Crippen LogP contribution in [0.3, 0.4) is 0 Å². The van der Waals surface area contributed by atoms with Crippen LogP contribution in [0, 0.1) is 0 Å². The fourth-order valence-electron chi connectivity index (χ4n) is 1.77. The molecule has 2 N–H and O–H groups in total. The number of ether oxygens (including phenoxy) is 1. The summed E-state index contributed by atoms with van der Waals surface area (Å²) in [4.78, 5) is 11.9. The third kappa shape index (κ3) is 5.02. The van der Waals surface area contributed by atoms with Crippen LogP contribution in [0.5, 0.6) is 5.75 Å². The number of amides is 1. The maximum atomic E-state index is 11.9. The van der Waals surface area contributed by atoms with E-state index in [2.05, 4.69) is 17.6 Å². The minimum atomic E-state index is -0.541. The van der Waals surface area contributed by atoms with Gasteiger partial charge in [-0.25, -0.2) is 0 Å². The Balaban J connectivity index is 2.67. The molecular weight excluding hydrogens is 276 g/mol. The molecule has 5 heteroatoms. The Labute approximate surface area is 125 Å². The molecular formula is C15H23ClN2O2. The average molecular weight is 299 g/mol. The number of benzene rings is 1. The van der Waals surface area contributed by atoms with Gasteiger partial charge in [0.1, 0.15) is 5.75 Å². The van der Waals surface area contributed by atoms with E-state index in [-0.39, 0.29) is 5.91 Å². The third-order valence-electron chi connectivity index (χ3n) is 2.93. The van der Waals surface area contributed by atoms with E-state index in [1.54, 1.807) is 6.92 Å². The van der Waals surface area contributed by atoms with Gasteiger partial charge in [0.05, 0.1) is 0 Å². The van der Waals surface area contributed by atoms with Crippen molar-refractivity contribution in [1.82, 2.24) is 10.6 Å². The first-order valence-corrected chi connectivity index (χ1v) is 7.34. The molecule has 0 aliphatic rings. The summed E-state index contributed by atoms with van der Waals surface area (Å²) in [7, 11) is 1.84. The Hall–Kier alpha value is -1.26. The number of hydrogen-bond donors (Lipinski definition) is 2. The van der Waals surface area contributed by atoms with Gasteiger partial charge in [-0.15, -0.1) is 0 Å². The Morgan fingerprint density at radius 3 is 2.85 bits per heavy atom. The van der Waals surface area contributed by atoms with E-state index in [0.717, 1.165) is 18.4 Å². The number of nitrogens with one attached hydrogen (secondary N) is 2. The fourth-order valence-corrected chi connectivity index (χ4v) is 2.01. The molecule has 0 aliphatic heterocycles. The van der Waals surface area contributed by atoms with Gasteiger partial charge >= 0.3 is 0 Å². The van der Waals surface area contributed by atoms with Crippen LogP contribution in [-0.4, -0.2) is 25.6 Å². The average Bonchev–Trinajstić information content (AvgIpc) is 2.42. The first-order chi connectivity index (χ1) is 9.60. The second-order valence-electron chi connectivity index (χ2n) is 4.65. The maximum Gasteiger partial charge on any atom is 0.260 e. The minimum absolute atomic E-state index is 0.103. The summed E-state index contributed by atoms with van der Waals surface area (Å²) in [5, 5.41) is 6.54. The highest BCUT2D eigenvalue weighted by Crippen LogP contribution is 2.27. The number of unbranched alkanes of at least 4 members (excludes halogenated alkanes) is 1. The summed E-state index contributed by atoms with van der Waals surface area (Å²) < 4.78 is 5.73. The molecule has 1 amide bonds. The first kappa shape index (κ1) is 16.8. The van der Waals surface area contributed by atoms with Crippen molar-refractivity contribution in [2.45, 2.75) is 39.3 Å². The highest BCUT2D eigenvalue weighted by atomic mass is 35.5. The van der Waals surface area contributed by atoms with Gasteiger partial charge < -0.3 is 15.4 Å². The van der Waals surface area contributed by atoms with Gasteiger partial charge in [0.2, 0.25) is 0 Å². The number of carbonyl (C=O) groups excluding carboxylic acids is 1. The van der Waals surface area contributed by atoms with E-state index in [4.69, 9.17) is 16.3 Å². The van der Waals surface area contributed by atoms with Crippen LogP contribution >= 0.6 is 11.6 Å². The maximum absolute atomic E-state index is 11.9. The van der Waals surface area contributed by atoms with Crippen molar-refractivity contribution in [1.29, 1.82) is 0 Å². The molecule has 0 saturated carbocycles. The number of halogens is 1. The van der Waals surface area contributed by atoms with Crippen LogP contribution in [0.15, 0.2) is 18.2 Å². The molecule has 1 atom stereocenters. The molecule has 1 unspecified atom stereocenters. The number of hydrogen-bond acceptors (Lipinski definition) is 3. The highest BCUT2D eigenvalue weighted by molar-refractivity contribution is 6.31. The zero-order valence-electron chi connectivity index (χ0n) is 12.3. The Morgan fingerprint density at radius 1 is 1.45 bits per heavy atom. The quantitative estimate of drug-likeness (QED) is 0.726. The number of rotatable bonds is 8. The predicted molar refractivity (Wildman–Crippen MR) is 82.2 cm³/mol. The van der Waals surface area contributed by atoms with Crippen molar-refractivity contribution in [3.05, 3.63) is 28.8 Å².